The summed E-state index contributed by atoms with van der Waals surface area (Å²) in [5.41, 5.74) is 0. The highest BCUT2D eigenvalue weighted by atomic mass is 16.2. The van der Waals surface area contributed by atoms with Gasteiger partial charge in [0.15, 0.2) is 0 Å². The van der Waals surface area contributed by atoms with Gasteiger partial charge in [-0.2, -0.15) is 0 Å². The number of rotatable bonds is 4. The third kappa shape index (κ3) is 5.04. The number of carbonyl (C=O) groups excluding carboxylic acids is 2. The molecule has 1 fully saturated rings. The van der Waals surface area contributed by atoms with Crippen LogP contribution in [-0.2, 0) is 4.79 Å². The minimum Gasteiger partial charge on any atom is -0.353 e. The van der Waals surface area contributed by atoms with Crippen LogP contribution in [0.4, 0.5) is 4.79 Å². The Hall–Kier alpha value is -1.52. The number of amides is 3. The number of nitrogens with zero attached hydrogens (tertiary/aromatic N) is 1. The second kappa shape index (κ2) is 8.20. The molecule has 2 unspecified atom stereocenters. The van der Waals surface area contributed by atoms with Crippen LogP contribution in [0, 0.1) is 11.8 Å². The normalized spacial score (nSPS) is 25.1. The number of carbonyl (C=O) groups is 2. The molecule has 22 heavy (non-hydrogen) atoms. The number of hydrogen-bond acceptors (Lipinski definition) is 2. The third-order valence-corrected chi connectivity index (χ3v) is 4.36. The van der Waals surface area contributed by atoms with Gasteiger partial charge in [-0.15, -0.1) is 0 Å². The highest BCUT2D eigenvalue weighted by Crippen LogP contribution is 2.18. The van der Waals surface area contributed by atoms with E-state index in [-0.39, 0.29) is 23.9 Å². The van der Waals surface area contributed by atoms with E-state index in [1.807, 2.05) is 0 Å². The largest absolute Gasteiger partial charge is 0.353 e. The van der Waals surface area contributed by atoms with Crippen LogP contribution in [0.3, 0.4) is 0 Å². The summed E-state index contributed by atoms with van der Waals surface area (Å²) in [6, 6.07) is 0.231. The molecule has 2 aliphatic rings. The molecule has 2 atom stereocenters. The number of piperidine rings is 1. The zero-order chi connectivity index (χ0) is 15.9. The second-order valence-electron chi connectivity index (χ2n) is 6.86. The van der Waals surface area contributed by atoms with Crippen LogP contribution < -0.4 is 10.6 Å². The molecule has 1 saturated heterocycles. The molecule has 1 aliphatic heterocycles. The van der Waals surface area contributed by atoms with Gasteiger partial charge in [-0.05, 0) is 38.0 Å². The molecule has 0 bridgehead atoms. The second-order valence-corrected chi connectivity index (χ2v) is 6.86. The Bertz CT molecular complexity index is 420. The van der Waals surface area contributed by atoms with E-state index in [0.29, 0.717) is 19.0 Å². The Morgan fingerprint density at radius 2 is 2.09 bits per heavy atom. The Labute approximate surface area is 133 Å². The van der Waals surface area contributed by atoms with Crippen LogP contribution >= 0.6 is 0 Å². The lowest BCUT2D eigenvalue weighted by Crippen LogP contribution is -2.50. The quantitative estimate of drug-likeness (QED) is 0.783. The highest BCUT2D eigenvalue weighted by Gasteiger charge is 2.29. The van der Waals surface area contributed by atoms with Gasteiger partial charge in [0.2, 0.25) is 5.91 Å². The zero-order valence-electron chi connectivity index (χ0n) is 13.8. The molecule has 0 saturated carbocycles. The maximum absolute atomic E-state index is 12.4. The van der Waals surface area contributed by atoms with Gasteiger partial charge >= 0.3 is 6.03 Å². The fourth-order valence-electron chi connectivity index (χ4n) is 3.02. The van der Waals surface area contributed by atoms with Gasteiger partial charge in [-0.3, -0.25) is 4.79 Å². The molecule has 0 aromatic rings. The molecule has 0 aromatic heterocycles. The minimum atomic E-state index is -0.0653. The predicted octanol–water partition coefficient (Wildman–Crippen LogP) is 2.29. The maximum atomic E-state index is 12.4. The van der Waals surface area contributed by atoms with Crippen molar-refractivity contribution < 1.29 is 9.59 Å². The molecular formula is C17H29N3O2. The van der Waals surface area contributed by atoms with Crippen LogP contribution in [0.5, 0.6) is 0 Å². The van der Waals surface area contributed by atoms with Gasteiger partial charge in [-0.1, -0.05) is 26.0 Å². The average molecular weight is 307 g/mol. The van der Waals surface area contributed by atoms with Gasteiger partial charge in [-0.25, -0.2) is 4.79 Å². The molecule has 0 radical (unpaired) electrons. The van der Waals surface area contributed by atoms with Crippen LogP contribution in [0.25, 0.3) is 0 Å². The van der Waals surface area contributed by atoms with E-state index >= 15 is 0 Å². The van der Waals surface area contributed by atoms with Gasteiger partial charge < -0.3 is 15.5 Å². The molecule has 5 heteroatoms. The lowest BCUT2D eigenvalue weighted by Gasteiger charge is -2.33. The molecule has 0 spiro atoms. The van der Waals surface area contributed by atoms with Crippen molar-refractivity contribution in [3.05, 3.63) is 12.2 Å². The molecule has 124 valence electrons. The number of likely N-dealkylation sites (tertiary alicyclic amines) is 1. The van der Waals surface area contributed by atoms with E-state index in [1.54, 1.807) is 4.90 Å². The van der Waals surface area contributed by atoms with Crippen molar-refractivity contribution in [1.29, 1.82) is 0 Å². The van der Waals surface area contributed by atoms with E-state index in [4.69, 9.17) is 0 Å². The molecule has 2 N–H and O–H groups in total. The van der Waals surface area contributed by atoms with Gasteiger partial charge in [0, 0.05) is 25.7 Å². The monoisotopic (exact) mass is 307 g/mol. The molecule has 5 nitrogen and oxygen atoms in total. The lowest BCUT2D eigenvalue weighted by atomic mass is 9.95. The number of hydrogen-bond donors (Lipinski definition) is 2. The van der Waals surface area contributed by atoms with Crippen molar-refractivity contribution in [1.82, 2.24) is 15.5 Å². The summed E-state index contributed by atoms with van der Waals surface area (Å²) in [5, 5.41) is 6.09. The zero-order valence-corrected chi connectivity index (χ0v) is 13.8. The Morgan fingerprint density at radius 1 is 1.27 bits per heavy atom. The average Bonchev–Trinajstić information content (AvgIpc) is 2.53. The molecule has 2 rings (SSSR count). The Morgan fingerprint density at radius 3 is 2.77 bits per heavy atom. The van der Waals surface area contributed by atoms with Gasteiger partial charge in [0.1, 0.15) is 0 Å². The van der Waals surface area contributed by atoms with E-state index in [0.717, 1.165) is 38.6 Å². The van der Waals surface area contributed by atoms with Crippen LogP contribution in [0.15, 0.2) is 12.2 Å². The van der Waals surface area contributed by atoms with Crippen LogP contribution in [0.2, 0.25) is 0 Å². The first-order chi connectivity index (χ1) is 10.6. The smallest absolute Gasteiger partial charge is 0.317 e. The van der Waals surface area contributed by atoms with Crippen molar-refractivity contribution >= 4 is 11.9 Å². The van der Waals surface area contributed by atoms with Crippen molar-refractivity contribution in [2.24, 2.45) is 11.8 Å². The van der Waals surface area contributed by atoms with Gasteiger partial charge in [0.05, 0.1) is 5.92 Å². The van der Waals surface area contributed by atoms with E-state index in [1.165, 1.54) is 0 Å². The van der Waals surface area contributed by atoms with Crippen LogP contribution in [-0.4, -0.2) is 42.5 Å². The first-order valence-corrected chi connectivity index (χ1v) is 8.54. The van der Waals surface area contributed by atoms with Crippen LogP contribution in [0.1, 0.15) is 46.0 Å². The first kappa shape index (κ1) is 16.8. The third-order valence-electron chi connectivity index (χ3n) is 4.36. The number of nitrogens with one attached hydrogen (secondary N) is 2. The lowest BCUT2D eigenvalue weighted by molar-refractivity contribution is -0.127. The van der Waals surface area contributed by atoms with Crippen molar-refractivity contribution in [3.8, 4) is 0 Å². The summed E-state index contributed by atoms with van der Waals surface area (Å²) in [7, 11) is 0. The SMILES string of the molecule is CC(C)CNC(=O)N1CCCC(C(=O)NC2CC=CCC2)C1. The van der Waals surface area contributed by atoms with Crippen molar-refractivity contribution in [2.75, 3.05) is 19.6 Å². The first-order valence-electron chi connectivity index (χ1n) is 8.54. The highest BCUT2D eigenvalue weighted by molar-refractivity contribution is 5.81. The fourth-order valence-corrected chi connectivity index (χ4v) is 3.02. The predicted molar refractivity (Wildman–Crippen MR) is 87.5 cm³/mol. The van der Waals surface area contributed by atoms with Gasteiger partial charge in [0.25, 0.3) is 0 Å². The molecule has 3 amide bonds. The summed E-state index contributed by atoms with van der Waals surface area (Å²) >= 11 is 0. The number of allylic oxidation sites excluding steroid dienone is 1. The molecular weight excluding hydrogens is 278 g/mol. The fraction of sp³-hybridized carbons (Fsp3) is 0.765. The minimum absolute atomic E-state index is 0.0354. The summed E-state index contributed by atoms with van der Waals surface area (Å²) in [6.45, 7) is 6.12. The van der Waals surface area contributed by atoms with Crippen molar-refractivity contribution in [3.63, 3.8) is 0 Å². The topological polar surface area (TPSA) is 61.4 Å². The summed E-state index contributed by atoms with van der Waals surface area (Å²) in [5.74, 6) is 0.485. The summed E-state index contributed by atoms with van der Waals surface area (Å²) in [6.07, 6.45) is 9.08. The van der Waals surface area contributed by atoms with E-state index in [9.17, 15) is 9.59 Å². The Balaban J connectivity index is 1.80. The molecule has 0 aromatic carbocycles. The van der Waals surface area contributed by atoms with E-state index < -0.39 is 0 Å². The molecule has 1 heterocycles. The Kier molecular flexibility index (Phi) is 6.28. The number of urea groups is 1. The standard InChI is InChI=1S/C17H29N3O2/c1-13(2)11-18-17(22)20-10-6-7-14(12-20)16(21)19-15-8-4-3-5-9-15/h3-4,13-15H,5-12H2,1-2H3,(H,18,22)(H,19,21). The van der Waals surface area contributed by atoms with E-state index in [2.05, 4.69) is 36.6 Å². The summed E-state index contributed by atoms with van der Waals surface area (Å²) < 4.78 is 0. The van der Waals surface area contributed by atoms with Crippen molar-refractivity contribution in [2.45, 2.75) is 52.0 Å². The molecule has 1 aliphatic carbocycles. The maximum Gasteiger partial charge on any atom is 0.317 e. The summed E-state index contributed by atoms with van der Waals surface area (Å²) in [4.78, 5) is 26.3.